The molecule has 0 aliphatic rings. The molecule has 0 heterocycles. The van der Waals surface area contributed by atoms with Crippen LogP contribution in [0.25, 0.3) is 0 Å². The van der Waals surface area contributed by atoms with Crippen LogP contribution in [0.2, 0.25) is 0 Å². The van der Waals surface area contributed by atoms with Gasteiger partial charge in [-0.2, -0.15) is 8.42 Å². The number of benzene rings is 1. The van der Waals surface area contributed by atoms with E-state index in [0.717, 1.165) is 13.2 Å². The van der Waals surface area contributed by atoms with E-state index in [-0.39, 0.29) is 18.5 Å². The molecule has 20 heavy (non-hydrogen) atoms. The normalized spacial score (nSPS) is 9.70. The third-order valence-electron chi connectivity index (χ3n) is 1.68. The summed E-state index contributed by atoms with van der Waals surface area (Å²) in [5.74, 6) is 0.219. The summed E-state index contributed by atoms with van der Waals surface area (Å²) in [5, 5.41) is 0. The predicted molar refractivity (Wildman–Crippen MR) is 79.3 cm³/mol. The highest BCUT2D eigenvalue weighted by Gasteiger charge is 2.11. The van der Waals surface area contributed by atoms with Crippen molar-refractivity contribution in [2.45, 2.75) is 13.8 Å². The third-order valence-corrected chi connectivity index (χ3v) is 2.50. The number of hydrogen-bond acceptors (Lipinski definition) is 6. The van der Waals surface area contributed by atoms with Gasteiger partial charge in [-0.1, -0.05) is 24.3 Å². The Balaban J connectivity index is 0. The summed E-state index contributed by atoms with van der Waals surface area (Å²) in [6.45, 7) is 8.89. The Morgan fingerprint density at radius 1 is 1.15 bits per heavy atom. The predicted octanol–water partition coefficient (Wildman–Crippen LogP) is 2.72. The van der Waals surface area contributed by atoms with Gasteiger partial charge in [-0.25, -0.2) is 4.18 Å². The maximum Gasteiger partial charge on any atom is 0.449 e. The molecule has 3 N–H and O–H groups in total. The lowest BCUT2D eigenvalue weighted by Gasteiger charge is -2.04. The molecule has 0 saturated heterocycles. The summed E-state index contributed by atoms with van der Waals surface area (Å²) in [6, 6.07) is 8.13. The van der Waals surface area contributed by atoms with E-state index in [1.807, 2.05) is 13.8 Å². The maximum absolute atomic E-state index is 11.1. The fraction of sp³-hybridized carbons (Fsp3) is 0.385. The maximum atomic E-state index is 11.1. The molecule has 0 radical (unpaired) electrons. The molecule has 0 saturated carbocycles. The van der Waals surface area contributed by atoms with Gasteiger partial charge in [0.1, 0.15) is 5.75 Å². The zero-order chi connectivity index (χ0) is 14.6. The summed E-state index contributed by atoms with van der Waals surface area (Å²) < 4.78 is 36.0. The number of hydrogen-bond donors (Lipinski definition) is 1. The van der Waals surface area contributed by atoms with Crippen LogP contribution in [0, 0.1) is 0 Å². The second kappa shape index (κ2) is 12.6. The van der Waals surface area contributed by atoms with Crippen LogP contribution in [0.1, 0.15) is 13.8 Å². The number of ether oxygens (including phenoxy) is 1. The van der Waals surface area contributed by atoms with Crippen LogP contribution in [0.3, 0.4) is 0 Å². The molecule has 0 atom stereocenters. The number of rotatable bonds is 7. The van der Waals surface area contributed by atoms with Gasteiger partial charge < -0.3 is 15.1 Å². The Labute approximate surface area is 121 Å². The topological polar surface area (TPSA) is 96.8 Å². The number of para-hydroxylation sites is 1. The van der Waals surface area contributed by atoms with Crippen molar-refractivity contribution in [3.8, 4) is 5.75 Å². The van der Waals surface area contributed by atoms with Gasteiger partial charge in [0.25, 0.3) is 0 Å². The highest BCUT2D eigenvalue weighted by molar-refractivity contribution is 7.82. The van der Waals surface area contributed by atoms with E-state index >= 15 is 0 Å². The van der Waals surface area contributed by atoms with Gasteiger partial charge in [-0.15, -0.1) is 6.58 Å². The Morgan fingerprint density at radius 2 is 1.70 bits per heavy atom. The van der Waals surface area contributed by atoms with Crippen LogP contribution in [0.4, 0.5) is 0 Å². The molecule has 0 fully saturated rings. The molecule has 7 heteroatoms. The van der Waals surface area contributed by atoms with Crippen LogP contribution < -0.4 is 10.3 Å². The minimum absolute atomic E-state index is 0. The standard InChI is InChI=1S/C9H10O4S.C4H10O.H3N/c1-2-8-12-14(10,11)13-9-6-4-3-5-7-9;1-3-5-4-2;/h2-7H,1,8H2;3-4H2,1-2H3;1H3. The van der Waals surface area contributed by atoms with Crippen LogP contribution in [-0.2, 0) is 19.3 Å². The first-order valence-electron chi connectivity index (χ1n) is 5.88. The molecular formula is C13H23NO5S. The van der Waals surface area contributed by atoms with Gasteiger partial charge >= 0.3 is 10.4 Å². The lowest BCUT2D eigenvalue weighted by molar-refractivity contribution is 0.162. The molecular weight excluding hydrogens is 282 g/mol. The average Bonchev–Trinajstić information content (AvgIpc) is 2.39. The first kappa shape index (κ1) is 20.9. The fourth-order valence-electron chi connectivity index (χ4n) is 0.954. The Bertz CT molecular complexity index is 431. The van der Waals surface area contributed by atoms with Crippen molar-refractivity contribution < 1.29 is 21.5 Å². The highest BCUT2D eigenvalue weighted by atomic mass is 32.3. The molecule has 0 unspecified atom stereocenters. The van der Waals surface area contributed by atoms with Crippen molar-refractivity contribution in [3.05, 3.63) is 43.0 Å². The molecule has 0 aromatic heterocycles. The van der Waals surface area contributed by atoms with Gasteiger partial charge in [0.2, 0.25) is 0 Å². The van der Waals surface area contributed by atoms with Crippen molar-refractivity contribution in [2.75, 3.05) is 19.8 Å². The van der Waals surface area contributed by atoms with Crippen molar-refractivity contribution in [1.29, 1.82) is 0 Å². The van der Waals surface area contributed by atoms with E-state index in [1.165, 1.54) is 18.2 Å². The van der Waals surface area contributed by atoms with E-state index < -0.39 is 10.4 Å². The van der Waals surface area contributed by atoms with E-state index in [2.05, 4.69) is 14.9 Å². The minimum atomic E-state index is -3.97. The fourth-order valence-corrected chi connectivity index (χ4v) is 1.61. The van der Waals surface area contributed by atoms with Crippen molar-refractivity contribution >= 4 is 10.4 Å². The lowest BCUT2D eigenvalue weighted by Crippen LogP contribution is -2.13. The molecule has 6 nitrogen and oxygen atoms in total. The molecule has 0 bridgehead atoms. The molecule has 0 spiro atoms. The van der Waals surface area contributed by atoms with Gasteiger partial charge in [-0.05, 0) is 26.0 Å². The molecule has 1 aromatic rings. The van der Waals surface area contributed by atoms with Crippen LogP contribution in [0.5, 0.6) is 5.75 Å². The first-order valence-corrected chi connectivity index (χ1v) is 7.21. The second-order valence-electron chi connectivity index (χ2n) is 3.16. The van der Waals surface area contributed by atoms with Crippen molar-refractivity contribution in [1.82, 2.24) is 6.15 Å². The Morgan fingerprint density at radius 3 is 2.10 bits per heavy atom. The molecule has 116 valence electrons. The molecule has 1 aromatic carbocycles. The monoisotopic (exact) mass is 305 g/mol. The van der Waals surface area contributed by atoms with Gasteiger partial charge in [-0.3, -0.25) is 0 Å². The van der Waals surface area contributed by atoms with Crippen LogP contribution >= 0.6 is 0 Å². The molecule has 0 aliphatic heterocycles. The van der Waals surface area contributed by atoms with E-state index in [9.17, 15) is 8.42 Å². The zero-order valence-electron chi connectivity index (χ0n) is 11.9. The van der Waals surface area contributed by atoms with Crippen LogP contribution in [0.15, 0.2) is 43.0 Å². The van der Waals surface area contributed by atoms with Crippen molar-refractivity contribution in [2.24, 2.45) is 0 Å². The molecule has 1 rings (SSSR count). The van der Waals surface area contributed by atoms with E-state index in [0.29, 0.717) is 0 Å². The Kier molecular flexibility index (Phi) is 13.2. The summed E-state index contributed by atoms with van der Waals surface area (Å²) in [4.78, 5) is 0. The van der Waals surface area contributed by atoms with Crippen molar-refractivity contribution in [3.63, 3.8) is 0 Å². The summed E-state index contributed by atoms with van der Waals surface area (Å²) in [6.07, 6.45) is 1.33. The highest BCUT2D eigenvalue weighted by Crippen LogP contribution is 2.11. The zero-order valence-corrected chi connectivity index (χ0v) is 12.8. The average molecular weight is 305 g/mol. The quantitative estimate of drug-likeness (QED) is 0.778. The van der Waals surface area contributed by atoms with Crippen LogP contribution in [-0.4, -0.2) is 28.2 Å². The first-order chi connectivity index (χ1) is 9.05. The van der Waals surface area contributed by atoms with E-state index in [4.69, 9.17) is 4.74 Å². The van der Waals surface area contributed by atoms with Gasteiger partial charge in [0.05, 0.1) is 6.61 Å². The smallest absolute Gasteiger partial charge is 0.382 e. The summed E-state index contributed by atoms with van der Waals surface area (Å²) >= 11 is 0. The minimum Gasteiger partial charge on any atom is -0.382 e. The lowest BCUT2D eigenvalue weighted by atomic mass is 10.3. The van der Waals surface area contributed by atoms with E-state index in [1.54, 1.807) is 18.2 Å². The van der Waals surface area contributed by atoms with Gasteiger partial charge in [0, 0.05) is 13.2 Å². The third kappa shape index (κ3) is 11.7. The second-order valence-corrected chi connectivity index (χ2v) is 4.38. The van der Waals surface area contributed by atoms with Gasteiger partial charge in [0.15, 0.2) is 0 Å². The Hall–Kier alpha value is -1.41. The summed E-state index contributed by atoms with van der Waals surface area (Å²) in [7, 11) is -3.97. The molecule has 0 aliphatic carbocycles. The SMILES string of the molecule is C=CCOS(=O)(=O)Oc1ccccc1.CCOCC.N. The summed E-state index contributed by atoms with van der Waals surface area (Å²) in [5.41, 5.74) is 0. The molecule has 0 amide bonds. The largest absolute Gasteiger partial charge is 0.449 e.